The number of benzene rings is 1. The summed E-state index contributed by atoms with van der Waals surface area (Å²) in [4.78, 5) is 14.8. The predicted molar refractivity (Wildman–Crippen MR) is 87.4 cm³/mol. The van der Waals surface area contributed by atoms with Gasteiger partial charge in [0.05, 0.1) is 10.4 Å². The van der Waals surface area contributed by atoms with Crippen LogP contribution in [0.1, 0.15) is 17.4 Å². The molecule has 0 aliphatic carbocycles. The van der Waals surface area contributed by atoms with E-state index in [0.717, 1.165) is 25.2 Å². The summed E-state index contributed by atoms with van der Waals surface area (Å²) >= 11 is 3.21. The Bertz CT molecular complexity index is 851. The number of aromatic nitrogens is 4. The van der Waals surface area contributed by atoms with Crippen LogP contribution in [0.4, 0.5) is 4.39 Å². The van der Waals surface area contributed by atoms with Crippen LogP contribution >= 0.6 is 15.9 Å². The second-order valence-electron chi connectivity index (χ2n) is 5.67. The van der Waals surface area contributed by atoms with Gasteiger partial charge >= 0.3 is 0 Å². The van der Waals surface area contributed by atoms with Gasteiger partial charge in [-0.05, 0) is 39.7 Å². The molecule has 0 unspecified atom stereocenters. The largest absolute Gasteiger partial charge is 0.338 e. The van der Waals surface area contributed by atoms with Gasteiger partial charge in [-0.2, -0.15) is 4.98 Å². The molecule has 3 heterocycles. The maximum absolute atomic E-state index is 13.3. The summed E-state index contributed by atoms with van der Waals surface area (Å²) in [5, 5.41) is 3.94. The molecular weight excluding hydrogens is 377 g/mol. The highest BCUT2D eigenvalue weighted by Gasteiger charge is 2.32. The third kappa shape index (κ3) is 3.07. The van der Waals surface area contributed by atoms with Crippen LogP contribution in [0, 0.1) is 5.82 Å². The van der Waals surface area contributed by atoms with Gasteiger partial charge in [-0.1, -0.05) is 11.2 Å². The Balaban J connectivity index is 1.37. The Morgan fingerprint density at radius 3 is 2.75 bits per heavy atom. The number of rotatable bonds is 4. The lowest BCUT2D eigenvalue weighted by atomic mass is 9.99. The van der Waals surface area contributed by atoms with Crippen molar-refractivity contribution in [2.75, 3.05) is 13.1 Å². The van der Waals surface area contributed by atoms with Gasteiger partial charge in [-0.25, -0.2) is 14.4 Å². The molecule has 0 radical (unpaired) electrons. The summed E-state index contributed by atoms with van der Waals surface area (Å²) in [6.07, 6.45) is 3.29. The van der Waals surface area contributed by atoms with Crippen molar-refractivity contribution in [3.8, 4) is 11.6 Å². The molecule has 1 aliphatic heterocycles. The first-order valence-electron chi connectivity index (χ1n) is 7.46. The van der Waals surface area contributed by atoms with Gasteiger partial charge in [0.15, 0.2) is 0 Å². The zero-order valence-corrected chi connectivity index (χ0v) is 14.1. The highest BCUT2D eigenvalue weighted by molar-refractivity contribution is 9.10. The fourth-order valence-electron chi connectivity index (χ4n) is 2.66. The summed E-state index contributed by atoms with van der Waals surface area (Å²) in [6, 6.07) is 6.81. The number of likely N-dealkylation sites (tertiary alicyclic amines) is 1. The molecule has 1 aliphatic rings. The van der Waals surface area contributed by atoms with Gasteiger partial charge in [0.1, 0.15) is 5.82 Å². The van der Waals surface area contributed by atoms with Gasteiger partial charge in [-0.15, -0.1) is 0 Å². The van der Waals surface area contributed by atoms with Crippen molar-refractivity contribution in [2.45, 2.75) is 12.5 Å². The average Bonchev–Trinajstić information content (AvgIpc) is 3.04. The molecule has 8 heteroatoms. The third-order valence-corrected chi connectivity index (χ3v) is 4.51. The van der Waals surface area contributed by atoms with E-state index in [9.17, 15) is 4.39 Å². The van der Waals surface area contributed by atoms with Crippen molar-refractivity contribution in [2.24, 2.45) is 0 Å². The summed E-state index contributed by atoms with van der Waals surface area (Å²) in [6.45, 7) is 2.41. The molecule has 0 bridgehead atoms. The van der Waals surface area contributed by atoms with E-state index in [0.29, 0.717) is 22.0 Å². The Morgan fingerprint density at radius 1 is 1.21 bits per heavy atom. The average molecular weight is 390 g/mol. The maximum atomic E-state index is 13.3. The first-order valence-corrected chi connectivity index (χ1v) is 8.25. The summed E-state index contributed by atoms with van der Waals surface area (Å²) < 4.78 is 19.1. The molecule has 122 valence electrons. The minimum atomic E-state index is -0.248. The Kier molecular flexibility index (Phi) is 4.07. The molecule has 3 aromatic rings. The van der Waals surface area contributed by atoms with Gasteiger partial charge in [-0.3, -0.25) is 4.90 Å². The number of hydrogen-bond donors (Lipinski definition) is 0. The second kappa shape index (κ2) is 6.37. The second-order valence-corrected chi connectivity index (χ2v) is 6.52. The smallest absolute Gasteiger partial charge is 0.240 e. The molecule has 4 rings (SSSR count). The standard InChI is InChI=1S/C16H13BrFN5O/c17-12-6-10(2-3-13(12)18)7-23-8-11(9-23)16-21-15(22-24-16)14-19-4-1-5-20-14/h1-6,11H,7-9H2. The normalized spacial score (nSPS) is 15.4. The minimum Gasteiger partial charge on any atom is -0.338 e. The van der Waals surface area contributed by atoms with E-state index in [1.165, 1.54) is 6.07 Å². The minimum absolute atomic E-state index is 0.207. The summed E-state index contributed by atoms with van der Waals surface area (Å²) in [7, 11) is 0. The Hall–Kier alpha value is -2.19. The quantitative estimate of drug-likeness (QED) is 0.682. The zero-order valence-electron chi connectivity index (χ0n) is 12.6. The molecule has 2 aromatic heterocycles. The lowest BCUT2D eigenvalue weighted by molar-refractivity contribution is 0.117. The van der Waals surface area contributed by atoms with E-state index in [1.54, 1.807) is 30.6 Å². The van der Waals surface area contributed by atoms with E-state index in [2.05, 4.69) is 40.9 Å². The summed E-state index contributed by atoms with van der Waals surface area (Å²) in [5.74, 6) is 1.43. The molecule has 0 saturated carbocycles. The molecule has 0 N–H and O–H groups in total. The van der Waals surface area contributed by atoms with E-state index >= 15 is 0 Å². The first-order chi connectivity index (χ1) is 11.7. The zero-order chi connectivity index (χ0) is 16.5. The van der Waals surface area contributed by atoms with Crippen LogP contribution in [0.2, 0.25) is 0 Å². The molecule has 1 saturated heterocycles. The van der Waals surface area contributed by atoms with Gasteiger partial charge < -0.3 is 4.52 Å². The van der Waals surface area contributed by atoms with E-state index < -0.39 is 0 Å². The van der Waals surface area contributed by atoms with Crippen molar-refractivity contribution >= 4 is 15.9 Å². The van der Waals surface area contributed by atoms with Gasteiger partial charge in [0, 0.05) is 32.0 Å². The third-order valence-electron chi connectivity index (χ3n) is 3.90. The maximum Gasteiger partial charge on any atom is 0.240 e. The van der Waals surface area contributed by atoms with Crippen LogP contribution in [-0.4, -0.2) is 38.1 Å². The summed E-state index contributed by atoms with van der Waals surface area (Å²) in [5.41, 5.74) is 1.06. The van der Waals surface area contributed by atoms with E-state index in [-0.39, 0.29) is 11.7 Å². The van der Waals surface area contributed by atoms with Crippen molar-refractivity contribution in [1.29, 1.82) is 0 Å². The van der Waals surface area contributed by atoms with Crippen LogP contribution in [0.5, 0.6) is 0 Å². The molecule has 0 amide bonds. The molecule has 0 spiro atoms. The fourth-order valence-corrected chi connectivity index (χ4v) is 3.08. The van der Waals surface area contributed by atoms with Crippen molar-refractivity contribution in [3.05, 3.63) is 58.4 Å². The van der Waals surface area contributed by atoms with Crippen molar-refractivity contribution in [3.63, 3.8) is 0 Å². The molecule has 6 nitrogen and oxygen atoms in total. The molecule has 1 fully saturated rings. The molecule has 24 heavy (non-hydrogen) atoms. The highest BCUT2D eigenvalue weighted by atomic mass is 79.9. The number of halogens is 2. The molecule has 1 aromatic carbocycles. The van der Waals surface area contributed by atoms with Crippen LogP contribution in [0.15, 0.2) is 45.7 Å². The number of nitrogens with zero attached hydrogens (tertiary/aromatic N) is 5. The Morgan fingerprint density at radius 2 is 2.00 bits per heavy atom. The van der Waals surface area contributed by atoms with Crippen molar-refractivity contribution < 1.29 is 8.91 Å². The van der Waals surface area contributed by atoms with Crippen LogP contribution < -0.4 is 0 Å². The Labute approximate surface area is 145 Å². The first kappa shape index (κ1) is 15.3. The predicted octanol–water partition coefficient (Wildman–Crippen LogP) is 3.03. The molecular formula is C16H13BrFN5O. The van der Waals surface area contributed by atoms with E-state index in [1.807, 2.05) is 0 Å². The van der Waals surface area contributed by atoms with Crippen LogP contribution in [-0.2, 0) is 6.54 Å². The highest BCUT2D eigenvalue weighted by Crippen LogP contribution is 2.29. The monoisotopic (exact) mass is 389 g/mol. The topological polar surface area (TPSA) is 67.9 Å². The van der Waals surface area contributed by atoms with Crippen molar-refractivity contribution in [1.82, 2.24) is 25.0 Å². The SMILES string of the molecule is Fc1ccc(CN2CC(c3nc(-c4ncccn4)no3)C2)cc1Br. The van der Waals surface area contributed by atoms with Gasteiger partial charge in [0.2, 0.25) is 17.5 Å². The fraction of sp³-hybridized carbons (Fsp3) is 0.250. The van der Waals surface area contributed by atoms with Crippen LogP contribution in [0.3, 0.4) is 0 Å². The number of hydrogen-bond acceptors (Lipinski definition) is 6. The van der Waals surface area contributed by atoms with E-state index in [4.69, 9.17) is 4.52 Å². The van der Waals surface area contributed by atoms with Crippen LogP contribution in [0.25, 0.3) is 11.6 Å². The van der Waals surface area contributed by atoms with Gasteiger partial charge in [0.25, 0.3) is 0 Å². The lowest BCUT2D eigenvalue weighted by Gasteiger charge is -2.37. The lowest BCUT2D eigenvalue weighted by Crippen LogP contribution is -2.44. The molecule has 0 atom stereocenters.